The molecule has 2 saturated carbocycles. The summed E-state index contributed by atoms with van der Waals surface area (Å²) < 4.78 is 0. The molecule has 110 valence electrons. The maximum Gasteiger partial charge on any atom is 0.251 e. The van der Waals surface area contributed by atoms with E-state index in [2.05, 4.69) is 10.9 Å². The summed E-state index contributed by atoms with van der Waals surface area (Å²) in [5, 5.41) is 3.46. The van der Waals surface area contributed by atoms with Gasteiger partial charge in [-0.2, -0.15) is 0 Å². The highest BCUT2D eigenvalue weighted by atomic mass is 35.5. The first-order chi connectivity index (χ1) is 9.65. The first-order valence-electron chi connectivity index (χ1n) is 6.94. The molecule has 0 unspecified atom stereocenters. The van der Waals surface area contributed by atoms with Crippen LogP contribution in [0.15, 0.2) is 0 Å². The molecule has 4 fully saturated rings. The zero-order valence-corrected chi connectivity index (χ0v) is 12.3. The van der Waals surface area contributed by atoms with E-state index >= 15 is 0 Å². The van der Waals surface area contributed by atoms with E-state index in [9.17, 15) is 9.59 Å². The quantitative estimate of drug-likeness (QED) is 0.684. The summed E-state index contributed by atoms with van der Waals surface area (Å²) >= 11 is 11.3. The Hall–Kier alpha value is -0.560. The molecule has 0 radical (unpaired) electrons. The van der Waals surface area contributed by atoms with Crippen molar-refractivity contribution in [2.24, 2.45) is 11.8 Å². The summed E-state index contributed by atoms with van der Waals surface area (Å²) in [6.07, 6.45) is 1.73. The number of halogens is 2. The molecular weight excluding hydrogens is 303 g/mol. The molecule has 2 saturated heterocycles. The zero-order chi connectivity index (χ0) is 14.0. The molecule has 0 spiro atoms. The molecule has 0 aromatic carbocycles. The third-order valence-corrected chi connectivity index (χ3v) is 5.75. The number of hydrazine groups is 2. The van der Waals surface area contributed by atoms with Crippen molar-refractivity contribution in [2.75, 3.05) is 11.8 Å². The summed E-state index contributed by atoms with van der Waals surface area (Å²) in [4.78, 5) is 23.8. The van der Waals surface area contributed by atoms with Gasteiger partial charge in [-0.15, -0.1) is 23.2 Å². The van der Waals surface area contributed by atoms with Gasteiger partial charge in [0.25, 0.3) is 11.8 Å². The van der Waals surface area contributed by atoms with E-state index in [1.165, 1.54) is 0 Å². The number of nitrogens with one attached hydrogen (secondary N) is 2. The van der Waals surface area contributed by atoms with Crippen molar-refractivity contribution >= 4 is 35.0 Å². The van der Waals surface area contributed by atoms with Gasteiger partial charge >= 0.3 is 0 Å². The van der Waals surface area contributed by atoms with Crippen molar-refractivity contribution in [2.45, 2.75) is 37.0 Å². The van der Waals surface area contributed by atoms with Gasteiger partial charge in [0.05, 0.1) is 12.1 Å². The van der Waals surface area contributed by atoms with Crippen molar-refractivity contribution in [3.63, 3.8) is 0 Å². The third-order valence-electron chi connectivity index (χ3n) is 5.29. The van der Waals surface area contributed by atoms with E-state index in [4.69, 9.17) is 23.2 Å². The van der Waals surface area contributed by atoms with Gasteiger partial charge in [-0.25, -0.2) is 10.9 Å². The summed E-state index contributed by atoms with van der Waals surface area (Å²) in [6, 6.07) is 0.929. The summed E-state index contributed by atoms with van der Waals surface area (Å²) in [7, 11) is 0. The fourth-order valence-corrected chi connectivity index (χ4v) is 5.02. The number of alkyl halides is 2. The standard InChI is InChI=1S/C12H16Cl2N4O2/c13-3-9(19)17-7-1-5-11-8(2-6(16-17)12(7)11)18(15-5)10(20)4-14/h5-8,11-12,15-16H,1-4H2/t5-,6-,7+,8+,11+,12+/m0/s1. The molecule has 2 aliphatic heterocycles. The van der Waals surface area contributed by atoms with Crippen LogP contribution in [0.2, 0.25) is 0 Å². The maximum absolute atomic E-state index is 11.9. The molecule has 4 rings (SSSR count). The van der Waals surface area contributed by atoms with E-state index in [0.29, 0.717) is 11.8 Å². The molecule has 6 atom stereocenters. The number of amides is 2. The number of hydrogen-bond donors (Lipinski definition) is 2. The number of carbonyl (C=O) groups excluding carboxylic acids is 2. The second-order valence-electron chi connectivity index (χ2n) is 6.03. The predicted molar refractivity (Wildman–Crippen MR) is 72.8 cm³/mol. The van der Waals surface area contributed by atoms with Crippen LogP contribution in [0.3, 0.4) is 0 Å². The lowest BCUT2D eigenvalue weighted by molar-refractivity contribution is -0.135. The molecule has 0 aromatic heterocycles. The highest BCUT2D eigenvalue weighted by molar-refractivity contribution is 6.27. The van der Waals surface area contributed by atoms with E-state index in [1.54, 1.807) is 10.0 Å². The van der Waals surface area contributed by atoms with Crippen molar-refractivity contribution in [1.29, 1.82) is 0 Å². The van der Waals surface area contributed by atoms with Gasteiger partial charge in [0.2, 0.25) is 0 Å². The molecular formula is C12H16Cl2N4O2. The molecule has 0 bridgehead atoms. The van der Waals surface area contributed by atoms with E-state index in [-0.39, 0.29) is 47.7 Å². The molecule has 20 heavy (non-hydrogen) atoms. The van der Waals surface area contributed by atoms with Gasteiger partial charge < -0.3 is 0 Å². The molecule has 8 heteroatoms. The SMILES string of the molecule is O=C(CCl)N1N[C@H]2C[C@@H]3[C@@H]4[C@H]2[C@H]1C[C@@H]4NN3C(=O)CCl. The molecule has 2 amide bonds. The van der Waals surface area contributed by atoms with Crippen molar-refractivity contribution in [1.82, 2.24) is 20.9 Å². The lowest BCUT2D eigenvalue weighted by Crippen LogP contribution is -2.50. The van der Waals surface area contributed by atoms with Crippen LogP contribution >= 0.6 is 23.2 Å². The molecule has 2 heterocycles. The molecule has 0 aromatic rings. The minimum absolute atomic E-state index is 0.00594. The Morgan fingerprint density at radius 1 is 0.900 bits per heavy atom. The Morgan fingerprint density at radius 2 is 1.30 bits per heavy atom. The number of carbonyl (C=O) groups is 2. The number of nitrogens with zero attached hydrogens (tertiary/aromatic N) is 2. The minimum atomic E-state index is -0.0590. The maximum atomic E-state index is 11.9. The highest BCUT2D eigenvalue weighted by Gasteiger charge is 2.66. The molecule has 2 aliphatic carbocycles. The van der Waals surface area contributed by atoms with Crippen molar-refractivity contribution in [3.8, 4) is 0 Å². The zero-order valence-electron chi connectivity index (χ0n) is 10.8. The van der Waals surface area contributed by atoms with Gasteiger partial charge in [-0.05, 0) is 12.8 Å². The minimum Gasteiger partial charge on any atom is -0.273 e. The van der Waals surface area contributed by atoms with Crippen molar-refractivity contribution < 1.29 is 9.59 Å². The first kappa shape index (κ1) is 13.1. The topological polar surface area (TPSA) is 64.7 Å². The summed E-state index contributed by atoms with van der Waals surface area (Å²) in [5.74, 6) is 0.723. The van der Waals surface area contributed by atoms with E-state index in [0.717, 1.165) is 12.8 Å². The lowest BCUT2D eigenvalue weighted by atomic mass is 9.94. The Kier molecular flexibility index (Phi) is 2.93. The number of hydrogen-bond acceptors (Lipinski definition) is 4. The molecule has 6 nitrogen and oxygen atoms in total. The Balaban J connectivity index is 1.59. The van der Waals surface area contributed by atoms with Gasteiger partial charge in [0.1, 0.15) is 11.8 Å². The van der Waals surface area contributed by atoms with Crippen molar-refractivity contribution in [3.05, 3.63) is 0 Å². The Labute approximate surface area is 126 Å². The van der Waals surface area contributed by atoms with Crippen LogP contribution in [0.5, 0.6) is 0 Å². The molecule has 2 N–H and O–H groups in total. The second kappa shape index (κ2) is 4.47. The van der Waals surface area contributed by atoms with Crippen LogP contribution in [0.1, 0.15) is 12.8 Å². The largest absolute Gasteiger partial charge is 0.273 e. The Bertz CT molecular complexity index is 434. The first-order valence-corrected chi connectivity index (χ1v) is 8.01. The van der Waals surface area contributed by atoms with Crippen LogP contribution in [-0.4, -0.2) is 57.8 Å². The van der Waals surface area contributed by atoms with Crippen LogP contribution < -0.4 is 10.9 Å². The van der Waals surface area contributed by atoms with Crippen LogP contribution in [0.4, 0.5) is 0 Å². The smallest absolute Gasteiger partial charge is 0.251 e. The van der Waals surface area contributed by atoms with Crippen LogP contribution in [0, 0.1) is 11.8 Å². The van der Waals surface area contributed by atoms with Gasteiger partial charge in [0.15, 0.2) is 0 Å². The fraction of sp³-hybridized carbons (Fsp3) is 0.833. The normalized spacial score (nSPS) is 44.3. The Morgan fingerprint density at radius 3 is 1.65 bits per heavy atom. The summed E-state index contributed by atoms with van der Waals surface area (Å²) in [6.45, 7) is 0. The predicted octanol–water partition coefficient (Wildman–Crippen LogP) is -0.328. The molecule has 4 aliphatic rings. The second-order valence-corrected chi connectivity index (χ2v) is 6.56. The van der Waals surface area contributed by atoms with Gasteiger partial charge in [-0.1, -0.05) is 0 Å². The van der Waals surface area contributed by atoms with Crippen LogP contribution in [-0.2, 0) is 9.59 Å². The monoisotopic (exact) mass is 318 g/mol. The lowest BCUT2D eigenvalue weighted by Gasteiger charge is -2.28. The van der Waals surface area contributed by atoms with E-state index in [1.807, 2.05) is 0 Å². The third kappa shape index (κ3) is 1.53. The fourth-order valence-electron chi connectivity index (χ4n) is 4.76. The van der Waals surface area contributed by atoms with Crippen LogP contribution in [0.25, 0.3) is 0 Å². The average Bonchev–Trinajstić information content (AvgIpc) is 3.14. The summed E-state index contributed by atoms with van der Waals surface area (Å²) in [5.41, 5.74) is 6.60. The highest BCUT2D eigenvalue weighted by Crippen LogP contribution is 2.53. The van der Waals surface area contributed by atoms with Gasteiger partial charge in [0, 0.05) is 23.9 Å². The van der Waals surface area contributed by atoms with Gasteiger partial charge in [-0.3, -0.25) is 19.6 Å². The van der Waals surface area contributed by atoms with E-state index < -0.39 is 0 Å². The average molecular weight is 319 g/mol. The number of rotatable bonds is 2.